The van der Waals surface area contributed by atoms with Crippen LogP contribution >= 0.6 is 15.9 Å². The van der Waals surface area contributed by atoms with Crippen molar-refractivity contribution >= 4 is 21.8 Å². The van der Waals surface area contributed by atoms with E-state index >= 15 is 0 Å². The third kappa shape index (κ3) is 4.14. The van der Waals surface area contributed by atoms with E-state index < -0.39 is 5.91 Å². The van der Waals surface area contributed by atoms with Crippen LogP contribution in [0.2, 0.25) is 0 Å². The molecule has 0 bridgehead atoms. The quantitative estimate of drug-likeness (QED) is 0.528. The molecule has 0 atom stereocenters. The molecular weight excluding hydrogens is 416 g/mol. The van der Waals surface area contributed by atoms with E-state index in [1.807, 2.05) is 43.3 Å². The first-order valence-corrected chi connectivity index (χ1v) is 10.3. The number of aromatic nitrogens is 1. The summed E-state index contributed by atoms with van der Waals surface area (Å²) in [5.74, 6) is -0.128. The van der Waals surface area contributed by atoms with Gasteiger partial charge in [0.15, 0.2) is 0 Å². The molecule has 0 fully saturated rings. The zero-order chi connectivity index (χ0) is 20.3. The Kier molecular flexibility index (Phi) is 6.25. The molecule has 28 heavy (non-hydrogen) atoms. The van der Waals surface area contributed by atoms with E-state index in [2.05, 4.69) is 27.4 Å². The van der Waals surface area contributed by atoms with Crippen molar-refractivity contribution in [3.8, 4) is 16.9 Å². The molecule has 3 N–H and O–H groups in total. The maximum absolute atomic E-state index is 12.3. The number of aryl methyl sites for hydroxylation is 1. The van der Waals surface area contributed by atoms with Gasteiger partial charge < -0.3 is 15.4 Å². The molecule has 0 saturated heterocycles. The molecule has 5 heteroatoms. The first-order valence-electron chi connectivity index (χ1n) is 9.48. The molecule has 4 nitrogen and oxygen atoms in total. The van der Waals surface area contributed by atoms with Gasteiger partial charge in [0.05, 0.1) is 5.56 Å². The van der Waals surface area contributed by atoms with Gasteiger partial charge in [-0.25, -0.2) is 0 Å². The fourth-order valence-electron chi connectivity index (χ4n) is 3.73. The van der Waals surface area contributed by atoms with E-state index in [-0.39, 0.29) is 5.75 Å². The second-order valence-corrected chi connectivity index (χ2v) is 7.89. The second kappa shape index (κ2) is 8.65. The van der Waals surface area contributed by atoms with Crippen molar-refractivity contribution in [2.24, 2.45) is 5.73 Å². The average molecular weight is 441 g/mol. The number of nitrogens with two attached hydrogens (primary N) is 1. The Labute approximate surface area is 174 Å². The maximum Gasteiger partial charge on any atom is 0.251 e. The predicted octanol–water partition coefficient (Wildman–Crippen LogP) is 5.23. The topological polar surface area (TPSA) is 68.2 Å². The Balaban J connectivity index is 2.08. The van der Waals surface area contributed by atoms with Crippen LogP contribution in [-0.2, 0) is 19.4 Å². The molecule has 3 rings (SSSR count). The van der Waals surface area contributed by atoms with Crippen LogP contribution in [0, 0.1) is 6.92 Å². The Morgan fingerprint density at radius 2 is 1.71 bits per heavy atom. The predicted molar refractivity (Wildman–Crippen MR) is 117 cm³/mol. The van der Waals surface area contributed by atoms with Crippen LogP contribution in [0.15, 0.2) is 53.0 Å². The van der Waals surface area contributed by atoms with E-state index in [1.165, 1.54) is 0 Å². The Bertz CT molecular complexity index is 973. The number of benzene rings is 2. The van der Waals surface area contributed by atoms with Crippen LogP contribution in [-0.4, -0.2) is 15.6 Å². The van der Waals surface area contributed by atoms with Crippen LogP contribution in [0.5, 0.6) is 5.75 Å². The molecule has 0 aliphatic rings. The van der Waals surface area contributed by atoms with Crippen LogP contribution < -0.4 is 5.73 Å². The number of primary amides is 1. The van der Waals surface area contributed by atoms with Crippen molar-refractivity contribution in [1.82, 2.24) is 4.57 Å². The summed E-state index contributed by atoms with van der Waals surface area (Å²) >= 11 is 3.48. The van der Waals surface area contributed by atoms with Crippen molar-refractivity contribution < 1.29 is 9.90 Å². The van der Waals surface area contributed by atoms with Crippen molar-refractivity contribution in [3.63, 3.8) is 0 Å². The number of phenolic OH excluding ortho intramolecular Hbond substituents is 1. The standard InChI is InChI=1S/C23H25BrN2O2/c1-3-4-20-22(17-7-9-18(24)10-8-17)21(23(25)28)15(2)26(20)14-13-16-5-11-19(27)12-6-16/h5-12,27H,3-4,13-14H2,1-2H3,(H2,25,28). The number of nitrogens with zero attached hydrogens (tertiary/aromatic N) is 1. The molecule has 0 aliphatic heterocycles. The smallest absolute Gasteiger partial charge is 0.251 e. The van der Waals surface area contributed by atoms with E-state index in [0.717, 1.165) is 58.4 Å². The number of halogens is 1. The highest BCUT2D eigenvalue weighted by Gasteiger charge is 2.24. The zero-order valence-electron chi connectivity index (χ0n) is 16.2. The number of carbonyl (C=O) groups excluding carboxylic acids is 1. The van der Waals surface area contributed by atoms with Crippen molar-refractivity contribution in [2.75, 3.05) is 0 Å². The second-order valence-electron chi connectivity index (χ2n) is 6.97. The van der Waals surface area contributed by atoms with Gasteiger partial charge in [-0.15, -0.1) is 0 Å². The molecule has 0 saturated carbocycles. The van der Waals surface area contributed by atoms with Crippen molar-refractivity contribution in [3.05, 3.63) is 75.5 Å². The fraction of sp³-hybridized carbons (Fsp3) is 0.261. The molecule has 146 valence electrons. The largest absolute Gasteiger partial charge is 0.508 e. The van der Waals surface area contributed by atoms with Gasteiger partial charge in [-0.3, -0.25) is 4.79 Å². The van der Waals surface area contributed by atoms with E-state index in [9.17, 15) is 9.90 Å². The number of hydrogen-bond donors (Lipinski definition) is 2. The van der Waals surface area contributed by atoms with Crippen molar-refractivity contribution in [1.29, 1.82) is 0 Å². The lowest BCUT2D eigenvalue weighted by atomic mass is 9.98. The average Bonchev–Trinajstić information content (AvgIpc) is 2.94. The lowest BCUT2D eigenvalue weighted by Gasteiger charge is -2.13. The lowest BCUT2D eigenvalue weighted by Crippen LogP contribution is -2.14. The van der Waals surface area contributed by atoms with E-state index in [1.54, 1.807) is 12.1 Å². The minimum absolute atomic E-state index is 0.265. The normalized spacial score (nSPS) is 11.0. The van der Waals surface area contributed by atoms with Gasteiger partial charge in [0.1, 0.15) is 5.75 Å². The number of carbonyl (C=O) groups is 1. The Hall–Kier alpha value is -2.53. The maximum atomic E-state index is 12.3. The molecule has 1 amide bonds. The minimum Gasteiger partial charge on any atom is -0.508 e. The highest BCUT2D eigenvalue weighted by atomic mass is 79.9. The third-order valence-corrected chi connectivity index (χ3v) is 5.59. The first kappa shape index (κ1) is 20.2. The first-order chi connectivity index (χ1) is 13.4. The minimum atomic E-state index is -0.392. The van der Waals surface area contributed by atoms with Gasteiger partial charge in [-0.2, -0.15) is 0 Å². The molecule has 1 heterocycles. The molecule has 0 spiro atoms. The summed E-state index contributed by atoms with van der Waals surface area (Å²) in [6.45, 7) is 4.86. The van der Waals surface area contributed by atoms with E-state index in [4.69, 9.17) is 5.73 Å². The highest BCUT2D eigenvalue weighted by Crippen LogP contribution is 2.34. The molecule has 1 aromatic heterocycles. The van der Waals surface area contributed by atoms with Crippen LogP contribution in [0.4, 0.5) is 0 Å². The molecule has 2 aromatic carbocycles. The summed E-state index contributed by atoms with van der Waals surface area (Å²) in [6.07, 6.45) is 2.66. The number of rotatable bonds is 7. The van der Waals surface area contributed by atoms with Gasteiger partial charge in [-0.05, 0) is 55.2 Å². The number of aromatic hydroxyl groups is 1. The summed E-state index contributed by atoms with van der Waals surface area (Å²) in [6, 6.07) is 15.3. The van der Waals surface area contributed by atoms with Crippen LogP contribution in [0.25, 0.3) is 11.1 Å². The molecular formula is C23H25BrN2O2. The summed E-state index contributed by atoms with van der Waals surface area (Å²) in [4.78, 5) is 12.3. The van der Waals surface area contributed by atoms with Gasteiger partial charge in [0.2, 0.25) is 0 Å². The molecule has 0 unspecified atom stereocenters. The summed E-state index contributed by atoms with van der Waals surface area (Å²) in [5, 5.41) is 9.49. The lowest BCUT2D eigenvalue weighted by molar-refractivity contribution is 0.1000. The van der Waals surface area contributed by atoms with Gasteiger partial charge in [0, 0.05) is 28.0 Å². The fourth-order valence-corrected chi connectivity index (χ4v) is 3.99. The van der Waals surface area contributed by atoms with Crippen LogP contribution in [0.1, 0.15) is 40.7 Å². The summed E-state index contributed by atoms with van der Waals surface area (Å²) < 4.78 is 3.23. The van der Waals surface area contributed by atoms with Gasteiger partial charge in [0.25, 0.3) is 5.91 Å². The number of amides is 1. The third-order valence-electron chi connectivity index (χ3n) is 5.06. The summed E-state index contributed by atoms with van der Waals surface area (Å²) in [7, 11) is 0. The Morgan fingerprint density at radius 1 is 1.07 bits per heavy atom. The molecule has 0 aliphatic carbocycles. The van der Waals surface area contributed by atoms with Crippen molar-refractivity contribution in [2.45, 2.75) is 39.7 Å². The number of phenols is 1. The summed E-state index contributed by atoms with van der Waals surface area (Å²) in [5.41, 5.74) is 11.6. The van der Waals surface area contributed by atoms with E-state index in [0.29, 0.717) is 5.56 Å². The van der Waals surface area contributed by atoms with Gasteiger partial charge >= 0.3 is 0 Å². The Morgan fingerprint density at radius 3 is 2.29 bits per heavy atom. The van der Waals surface area contributed by atoms with Crippen LogP contribution in [0.3, 0.4) is 0 Å². The molecule has 3 aromatic rings. The molecule has 0 radical (unpaired) electrons. The SMILES string of the molecule is CCCc1c(-c2ccc(Br)cc2)c(C(N)=O)c(C)n1CCc1ccc(O)cc1. The number of hydrogen-bond acceptors (Lipinski definition) is 2. The monoisotopic (exact) mass is 440 g/mol. The highest BCUT2D eigenvalue weighted by molar-refractivity contribution is 9.10. The van der Waals surface area contributed by atoms with Gasteiger partial charge in [-0.1, -0.05) is 53.5 Å². The zero-order valence-corrected chi connectivity index (χ0v) is 17.8.